The van der Waals surface area contributed by atoms with Gasteiger partial charge in [-0.05, 0) is 31.4 Å². The fourth-order valence-corrected chi connectivity index (χ4v) is 2.16. The van der Waals surface area contributed by atoms with E-state index in [2.05, 4.69) is 5.32 Å². The molecule has 0 unspecified atom stereocenters. The Balaban J connectivity index is 2.13. The van der Waals surface area contributed by atoms with Gasteiger partial charge in [-0.3, -0.25) is 4.79 Å². The van der Waals surface area contributed by atoms with Gasteiger partial charge in [0.1, 0.15) is 0 Å². The second-order valence-electron chi connectivity index (χ2n) is 5.37. The number of alkyl halides is 3. The summed E-state index contributed by atoms with van der Waals surface area (Å²) in [7, 11) is 0. The first kappa shape index (κ1) is 14.8. The van der Waals surface area contributed by atoms with Gasteiger partial charge in [-0.1, -0.05) is 18.2 Å². The van der Waals surface area contributed by atoms with Crippen LogP contribution in [-0.4, -0.2) is 18.5 Å². The summed E-state index contributed by atoms with van der Waals surface area (Å²) >= 11 is 0. The van der Waals surface area contributed by atoms with E-state index < -0.39 is 17.8 Å². The van der Waals surface area contributed by atoms with Crippen LogP contribution in [0.25, 0.3) is 0 Å². The van der Waals surface area contributed by atoms with E-state index in [1.807, 2.05) is 0 Å². The second-order valence-corrected chi connectivity index (χ2v) is 5.37. The molecule has 0 spiro atoms. The highest BCUT2D eigenvalue weighted by Crippen LogP contribution is 2.48. The maximum Gasteiger partial charge on any atom is 0.416 e. The van der Waals surface area contributed by atoms with Crippen LogP contribution in [0.15, 0.2) is 24.3 Å². The zero-order valence-corrected chi connectivity index (χ0v) is 11.1. The summed E-state index contributed by atoms with van der Waals surface area (Å²) < 4.78 is 38.1. The van der Waals surface area contributed by atoms with Gasteiger partial charge in [0, 0.05) is 12.0 Å². The number of hydrogen-bond donors (Lipinski definition) is 2. The lowest BCUT2D eigenvalue weighted by molar-refractivity contribution is -0.137. The van der Waals surface area contributed by atoms with Crippen molar-refractivity contribution < 1.29 is 18.0 Å². The highest BCUT2D eigenvalue weighted by Gasteiger charge is 2.45. The Kier molecular flexibility index (Phi) is 3.77. The van der Waals surface area contributed by atoms with Crippen molar-refractivity contribution in [1.29, 1.82) is 0 Å². The molecule has 1 amide bonds. The number of carbonyl (C=O) groups excluding carboxylic acids is 1. The predicted octanol–water partition coefficient (Wildman–Crippen LogP) is 2.20. The van der Waals surface area contributed by atoms with Crippen molar-refractivity contribution in [2.45, 2.75) is 37.4 Å². The zero-order valence-electron chi connectivity index (χ0n) is 11.1. The molecule has 1 atom stereocenters. The first-order valence-electron chi connectivity index (χ1n) is 6.46. The van der Waals surface area contributed by atoms with Crippen LogP contribution in [0.5, 0.6) is 0 Å². The molecule has 0 saturated heterocycles. The molecule has 3 nitrogen and oxygen atoms in total. The van der Waals surface area contributed by atoms with Crippen LogP contribution in [0.1, 0.15) is 30.9 Å². The van der Waals surface area contributed by atoms with E-state index in [0.29, 0.717) is 12.1 Å². The Morgan fingerprint density at radius 3 is 2.60 bits per heavy atom. The lowest BCUT2D eigenvalue weighted by Crippen LogP contribution is -2.41. The van der Waals surface area contributed by atoms with Gasteiger partial charge >= 0.3 is 6.18 Å². The summed E-state index contributed by atoms with van der Waals surface area (Å²) in [5.41, 5.74) is 5.05. The van der Waals surface area contributed by atoms with Crippen LogP contribution in [0.2, 0.25) is 0 Å². The Labute approximate surface area is 115 Å². The molecular formula is C14H17F3N2O. The van der Waals surface area contributed by atoms with E-state index in [0.717, 1.165) is 18.9 Å². The largest absolute Gasteiger partial charge is 0.416 e. The molecule has 20 heavy (non-hydrogen) atoms. The van der Waals surface area contributed by atoms with E-state index in [-0.39, 0.29) is 11.3 Å². The fraction of sp³-hybridized carbons (Fsp3) is 0.500. The molecule has 1 aliphatic carbocycles. The summed E-state index contributed by atoms with van der Waals surface area (Å²) in [5.74, 6) is -0.289. The molecule has 110 valence electrons. The first-order valence-corrected chi connectivity index (χ1v) is 6.46. The quantitative estimate of drug-likeness (QED) is 0.891. The molecule has 0 aromatic heterocycles. The van der Waals surface area contributed by atoms with Gasteiger partial charge in [0.05, 0.1) is 11.6 Å². The molecular weight excluding hydrogens is 269 g/mol. The number of carbonyl (C=O) groups is 1. The molecule has 1 fully saturated rings. The molecule has 6 heteroatoms. The lowest BCUT2D eigenvalue weighted by Gasteiger charge is -2.19. The van der Waals surface area contributed by atoms with Gasteiger partial charge in [-0.2, -0.15) is 13.2 Å². The third-order valence-corrected chi connectivity index (χ3v) is 3.67. The lowest BCUT2D eigenvalue weighted by atomic mass is 9.94. The smallest absolute Gasteiger partial charge is 0.354 e. The topological polar surface area (TPSA) is 55.1 Å². The molecule has 1 aliphatic rings. The highest BCUT2D eigenvalue weighted by molar-refractivity contribution is 5.81. The third-order valence-electron chi connectivity index (χ3n) is 3.67. The van der Waals surface area contributed by atoms with Crippen molar-refractivity contribution in [3.63, 3.8) is 0 Å². The number of halogens is 3. The predicted molar refractivity (Wildman–Crippen MR) is 69.0 cm³/mol. The Hall–Kier alpha value is -1.56. The Morgan fingerprint density at radius 1 is 1.45 bits per heavy atom. The van der Waals surface area contributed by atoms with E-state index in [9.17, 15) is 18.0 Å². The van der Waals surface area contributed by atoms with Gasteiger partial charge in [0.25, 0.3) is 0 Å². The average molecular weight is 286 g/mol. The van der Waals surface area contributed by atoms with E-state index in [1.165, 1.54) is 12.1 Å². The minimum atomic E-state index is -4.35. The molecule has 2 rings (SSSR count). The second kappa shape index (κ2) is 5.09. The maximum absolute atomic E-state index is 12.7. The summed E-state index contributed by atoms with van der Waals surface area (Å²) in [5, 5.41) is 2.70. The molecule has 0 bridgehead atoms. The minimum Gasteiger partial charge on any atom is -0.354 e. The van der Waals surface area contributed by atoms with E-state index in [1.54, 1.807) is 13.0 Å². The summed E-state index contributed by atoms with van der Waals surface area (Å²) in [4.78, 5) is 11.5. The highest BCUT2D eigenvalue weighted by atomic mass is 19.4. The normalized spacial score (nSPS) is 18.4. The van der Waals surface area contributed by atoms with Crippen LogP contribution >= 0.6 is 0 Å². The summed E-state index contributed by atoms with van der Waals surface area (Å²) in [6.07, 6.45) is -2.80. The van der Waals surface area contributed by atoms with Gasteiger partial charge in [0.2, 0.25) is 5.91 Å². The van der Waals surface area contributed by atoms with Gasteiger partial charge in [-0.25, -0.2) is 0 Å². The van der Waals surface area contributed by atoms with E-state index in [4.69, 9.17) is 5.73 Å². The monoisotopic (exact) mass is 286 g/mol. The SMILES string of the molecule is C[C@@H](N)C(=O)NCC1(c2cccc(C(F)(F)F)c2)CC1. The standard InChI is InChI=1S/C14H17F3N2O/c1-9(18)12(20)19-8-13(5-6-13)10-3-2-4-11(7-10)14(15,16)17/h2-4,7,9H,5-6,8,18H2,1H3,(H,19,20)/t9-/m1/s1. The first-order chi connectivity index (χ1) is 9.24. The van der Waals surface area contributed by atoms with Crippen molar-refractivity contribution in [1.82, 2.24) is 5.32 Å². The van der Waals surface area contributed by atoms with Gasteiger partial charge in [0.15, 0.2) is 0 Å². The number of amides is 1. The number of nitrogens with two attached hydrogens (primary N) is 1. The molecule has 0 heterocycles. The molecule has 1 aromatic rings. The molecule has 0 radical (unpaired) electrons. The Bertz CT molecular complexity index is 507. The van der Waals surface area contributed by atoms with Crippen LogP contribution in [-0.2, 0) is 16.4 Å². The summed E-state index contributed by atoms with van der Waals surface area (Å²) in [6, 6.07) is 4.70. The van der Waals surface area contributed by atoms with Crippen molar-refractivity contribution in [3.05, 3.63) is 35.4 Å². The van der Waals surface area contributed by atoms with E-state index >= 15 is 0 Å². The van der Waals surface area contributed by atoms with Crippen molar-refractivity contribution >= 4 is 5.91 Å². The van der Waals surface area contributed by atoms with Crippen LogP contribution < -0.4 is 11.1 Å². The van der Waals surface area contributed by atoms with Gasteiger partial charge < -0.3 is 11.1 Å². The number of hydrogen-bond acceptors (Lipinski definition) is 2. The number of benzene rings is 1. The molecule has 1 aromatic carbocycles. The Morgan fingerprint density at radius 2 is 2.10 bits per heavy atom. The number of rotatable bonds is 4. The van der Waals surface area contributed by atoms with Crippen LogP contribution in [0.4, 0.5) is 13.2 Å². The minimum absolute atomic E-state index is 0.289. The molecule has 3 N–H and O–H groups in total. The molecule has 1 saturated carbocycles. The maximum atomic E-state index is 12.7. The van der Waals surface area contributed by atoms with Crippen molar-refractivity contribution in [3.8, 4) is 0 Å². The van der Waals surface area contributed by atoms with Crippen LogP contribution in [0.3, 0.4) is 0 Å². The van der Waals surface area contributed by atoms with Crippen LogP contribution in [0, 0.1) is 0 Å². The van der Waals surface area contributed by atoms with Crippen molar-refractivity contribution in [2.24, 2.45) is 5.73 Å². The van der Waals surface area contributed by atoms with Gasteiger partial charge in [-0.15, -0.1) is 0 Å². The zero-order chi connectivity index (χ0) is 15.0. The number of nitrogens with one attached hydrogen (secondary N) is 1. The average Bonchev–Trinajstić information content (AvgIpc) is 3.16. The third kappa shape index (κ3) is 3.12. The fourth-order valence-electron chi connectivity index (χ4n) is 2.16. The summed E-state index contributed by atoms with van der Waals surface area (Å²) in [6.45, 7) is 1.90. The molecule has 0 aliphatic heterocycles. The van der Waals surface area contributed by atoms with Crippen molar-refractivity contribution in [2.75, 3.05) is 6.54 Å².